The Morgan fingerprint density at radius 3 is 2.13 bits per heavy atom. The number of hydrogen-bond donors (Lipinski definition) is 2. The first kappa shape index (κ1) is 21.6. The third kappa shape index (κ3) is 5.96. The number of carbonyl (C=O) groups is 3. The van der Waals surface area contributed by atoms with E-state index in [4.69, 9.17) is 4.74 Å². The fourth-order valence-corrected chi connectivity index (χ4v) is 2.97. The van der Waals surface area contributed by atoms with E-state index in [0.717, 1.165) is 0 Å². The highest BCUT2D eigenvalue weighted by molar-refractivity contribution is 5.97. The maximum absolute atomic E-state index is 13.8. The number of amides is 2. The lowest BCUT2D eigenvalue weighted by Gasteiger charge is -2.19. The smallest absolute Gasteiger partial charge is 0.339 e. The van der Waals surface area contributed by atoms with Crippen LogP contribution in [-0.2, 0) is 14.3 Å². The van der Waals surface area contributed by atoms with E-state index in [9.17, 15) is 18.8 Å². The molecule has 8 heteroatoms. The van der Waals surface area contributed by atoms with Crippen LogP contribution in [-0.4, -0.2) is 22.8 Å². The standard InChI is InChI=1S/C23H20FN3O4/c1-14(28)26-19-11-17(12-20(13-19)27-15(2)29)23(30)31-22(21-8-3-4-9-25-21)16-6-5-7-18(24)10-16/h3-13,22H,1-2H3,(H,26,28)(H,27,29). The number of hydrogen-bond acceptors (Lipinski definition) is 5. The molecule has 2 amide bonds. The quantitative estimate of drug-likeness (QED) is 0.585. The molecule has 158 valence electrons. The summed E-state index contributed by atoms with van der Waals surface area (Å²) in [6.07, 6.45) is 0.583. The number of halogens is 1. The van der Waals surface area contributed by atoms with Crippen LogP contribution in [0.25, 0.3) is 0 Å². The van der Waals surface area contributed by atoms with Crippen LogP contribution in [0, 0.1) is 5.82 Å². The van der Waals surface area contributed by atoms with Crippen molar-refractivity contribution < 1.29 is 23.5 Å². The minimum absolute atomic E-state index is 0.0901. The number of aromatic nitrogens is 1. The minimum atomic E-state index is -0.960. The van der Waals surface area contributed by atoms with Gasteiger partial charge in [0.05, 0.1) is 11.3 Å². The Bertz CT molecular complexity index is 1080. The third-order valence-corrected chi connectivity index (χ3v) is 4.14. The van der Waals surface area contributed by atoms with Crippen molar-refractivity contribution in [1.82, 2.24) is 4.98 Å². The molecule has 3 rings (SSSR count). The third-order valence-electron chi connectivity index (χ3n) is 4.14. The second-order valence-corrected chi connectivity index (χ2v) is 6.76. The molecule has 0 saturated carbocycles. The molecule has 2 N–H and O–H groups in total. The van der Waals surface area contributed by atoms with Gasteiger partial charge in [-0.2, -0.15) is 0 Å². The number of rotatable bonds is 6. The van der Waals surface area contributed by atoms with Gasteiger partial charge in [0.25, 0.3) is 0 Å². The molecule has 2 aromatic carbocycles. The molecule has 0 aliphatic rings. The lowest BCUT2D eigenvalue weighted by Crippen LogP contribution is -2.16. The summed E-state index contributed by atoms with van der Waals surface area (Å²) < 4.78 is 19.5. The zero-order valence-electron chi connectivity index (χ0n) is 16.9. The molecule has 7 nitrogen and oxygen atoms in total. The highest BCUT2D eigenvalue weighted by Crippen LogP contribution is 2.28. The summed E-state index contributed by atoms with van der Waals surface area (Å²) in [5.41, 5.74) is 1.54. The summed E-state index contributed by atoms with van der Waals surface area (Å²) >= 11 is 0. The Kier molecular flexibility index (Phi) is 6.71. The number of nitrogens with one attached hydrogen (secondary N) is 2. The van der Waals surface area contributed by atoms with Crippen LogP contribution in [0.5, 0.6) is 0 Å². The van der Waals surface area contributed by atoms with E-state index in [2.05, 4.69) is 15.6 Å². The second kappa shape index (κ2) is 9.62. The van der Waals surface area contributed by atoms with Gasteiger partial charge in [0.15, 0.2) is 6.10 Å². The highest BCUT2D eigenvalue weighted by Gasteiger charge is 2.22. The van der Waals surface area contributed by atoms with Crippen LogP contribution in [0.4, 0.5) is 15.8 Å². The van der Waals surface area contributed by atoms with Crippen molar-refractivity contribution in [3.05, 3.63) is 89.5 Å². The predicted molar refractivity (Wildman–Crippen MR) is 113 cm³/mol. The van der Waals surface area contributed by atoms with E-state index in [1.807, 2.05) is 0 Å². The van der Waals surface area contributed by atoms with Gasteiger partial charge in [-0.05, 0) is 42.5 Å². The number of carbonyl (C=O) groups excluding carboxylic acids is 3. The highest BCUT2D eigenvalue weighted by atomic mass is 19.1. The van der Waals surface area contributed by atoms with Gasteiger partial charge in [0, 0.05) is 37.0 Å². The molecule has 0 spiro atoms. The minimum Gasteiger partial charge on any atom is -0.447 e. The lowest BCUT2D eigenvalue weighted by atomic mass is 10.1. The monoisotopic (exact) mass is 421 g/mol. The molecule has 1 unspecified atom stereocenters. The zero-order chi connectivity index (χ0) is 22.4. The van der Waals surface area contributed by atoms with Crippen molar-refractivity contribution in [2.75, 3.05) is 10.6 Å². The fourth-order valence-electron chi connectivity index (χ4n) is 2.97. The predicted octanol–water partition coefficient (Wildman–Crippen LogP) is 4.08. The SMILES string of the molecule is CC(=O)Nc1cc(NC(C)=O)cc(C(=O)OC(c2cccc(F)c2)c2ccccn2)c1. The van der Waals surface area contributed by atoms with E-state index >= 15 is 0 Å². The molecule has 0 aliphatic carbocycles. The maximum atomic E-state index is 13.8. The van der Waals surface area contributed by atoms with Gasteiger partial charge < -0.3 is 15.4 Å². The van der Waals surface area contributed by atoms with E-state index in [0.29, 0.717) is 22.6 Å². The van der Waals surface area contributed by atoms with Crippen molar-refractivity contribution in [2.24, 2.45) is 0 Å². The number of benzene rings is 2. The molecule has 31 heavy (non-hydrogen) atoms. The molecule has 1 atom stereocenters. The number of anilines is 2. The van der Waals surface area contributed by atoms with Gasteiger partial charge in [0.2, 0.25) is 11.8 Å². The Balaban J connectivity index is 1.97. The molecule has 0 fully saturated rings. The summed E-state index contributed by atoms with van der Waals surface area (Å²) in [6, 6.07) is 15.2. The van der Waals surface area contributed by atoms with E-state index in [-0.39, 0.29) is 17.4 Å². The molecule has 0 bridgehead atoms. The maximum Gasteiger partial charge on any atom is 0.339 e. The van der Waals surface area contributed by atoms with E-state index in [1.165, 1.54) is 50.2 Å². The molecular formula is C23H20FN3O4. The van der Waals surface area contributed by atoms with Crippen molar-refractivity contribution in [3.63, 3.8) is 0 Å². The molecular weight excluding hydrogens is 401 g/mol. The normalized spacial score (nSPS) is 11.3. The number of ether oxygens (including phenoxy) is 1. The van der Waals surface area contributed by atoms with Crippen LogP contribution < -0.4 is 10.6 Å². The number of nitrogens with zero attached hydrogens (tertiary/aromatic N) is 1. The summed E-state index contributed by atoms with van der Waals surface area (Å²) in [7, 11) is 0. The number of pyridine rings is 1. The molecule has 1 aromatic heterocycles. The van der Waals surface area contributed by atoms with Gasteiger partial charge in [-0.3, -0.25) is 14.6 Å². The molecule has 1 heterocycles. The topological polar surface area (TPSA) is 97.4 Å². The zero-order valence-corrected chi connectivity index (χ0v) is 16.9. The van der Waals surface area contributed by atoms with Crippen LogP contribution >= 0.6 is 0 Å². The molecule has 3 aromatic rings. The first-order chi connectivity index (χ1) is 14.8. The first-order valence-corrected chi connectivity index (χ1v) is 9.39. The Morgan fingerprint density at radius 1 is 0.903 bits per heavy atom. The van der Waals surface area contributed by atoms with Gasteiger partial charge in [-0.15, -0.1) is 0 Å². The van der Waals surface area contributed by atoms with Crippen LogP contribution in [0.15, 0.2) is 66.9 Å². The summed E-state index contributed by atoms with van der Waals surface area (Å²) in [6.45, 7) is 2.65. The van der Waals surface area contributed by atoms with Crippen molar-refractivity contribution in [1.29, 1.82) is 0 Å². The fraction of sp³-hybridized carbons (Fsp3) is 0.130. The van der Waals surface area contributed by atoms with E-state index < -0.39 is 17.9 Å². The summed E-state index contributed by atoms with van der Waals surface area (Å²) in [5, 5.41) is 5.16. The first-order valence-electron chi connectivity index (χ1n) is 9.39. The van der Waals surface area contributed by atoms with Gasteiger partial charge in [0.1, 0.15) is 5.82 Å². The van der Waals surface area contributed by atoms with Crippen molar-refractivity contribution in [2.45, 2.75) is 20.0 Å². The van der Waals surface area contributed by atoms with Crippen LogP contribution in [0.1, 0.15) is 41.6 Å². The average molecular weight is 421 g/mol. The van der Waals surface area contributed by atoms with Crippen LogP contribution in [0.3, 0.4) is 0 Å². The molecule has 0 aliphatic heterocycles. The van der Waals surface area contributed by atoms with E-state index in [1.54, 1.807) is 30.5 Å². The second-order valence-electron chi connectivity index (χ2n) is 6.76. The van der Waals surface area contributed by atoms with Gasteiger partial charge >= 0.3 is 5.97 Å². The lowest BCUT2D eigenvalue weighted by molar-refractivity contribution is -0.115. The van der Waals surface area contributed by atoms with Crippen LogP contribution in [0.2, 0.25) is 0 Å². The average Bonchev–Trinajstić information content (AvgIpc) is 2.71. The number of esters is 1. The van der Waals surface area contributed by atoms with Crippen molar-refractivity contribution in [3.8, 4) is 0 Å². The molecule has 0 saturated heterocycles. The Hall–Kier alpha value is -4.07. The largest absolute Gasteiger partial charge is 0.447 e. The van der Waals surface area contributed by atoms with Gasteiger partial charge in [-0.25, -0.2) is 9.18 Å². The Labute approximate surface area is 178 Å². The van der Waals surface area contributed by atoms with Crippen molar-refractivity contribution >= 4 is 29.2 Å². The molecule has 0 radical (unpaired) electrons. The summed E-state index contributed by atoms with van der Waals surface area (Å²) in [5.74, 6) is -1.90. The summed E-state index contributed by atoms with van der Waals surface area (Å²) in [4.78, 5) is 40.1. The Morgan fingerprint density at radius 2 is 1.58 bits per heavy atom. The van der Waals surface area contributed by atoms with Gasteiger partial charge in [-0.1, -0.05) is 18.2 Å².